The molecule has 2 unspecified atom stereocenters. The first-order chi connectivity index (χ1) is 9.35. The Morgan fingerprint density at radius 3 is 2.76 bits per heavy atom. The number of nitrogens with zero attached hydrogens (tertiary/aromatic N) is 2. The molecule has 3 N–H and O–H groups in total. The molecule has 122 valence electrons. The van der Waals surface area contributed by atoms with Crippen LogP contribution in [0.2, 0.25) is 0 Å². The maximum atomic E-state index is 12.1. The average Bonchev–Trinajstić information content (AvgIpc) is 2.84. The fourth-order valence-corrected chi connectivity index (χ4v) is 2.76. The van der Waals surface area contributed by atoms with E-state index in [0.717, 1.165) is 12.7 Å². The molecule has 0 aromatic rings. The fourth-order valence-electron chi connectivity index (χ4n) is 2.25. The van der Waals surface area contributed by atoms with Crippen molar-refractivity contribution in [1.82, 2.24) is 9.62 Å². The molecule has 0 aromatic carbocycles. The number of amides is 1. The number of rotatable bonds is 7. The quantitative estimate of drug-likeness (QED) is 0.632. The normalized spacial score (nSPS) is 19.7. The fraction of sp³-hybridized carbons (Fsp3) is 0.833. The molecule has 0 saturated carbocycles. The van der Waals surface area contributed by atoms with Gasteiger partial charge in [-0.05, 0) is 25.7 Å². The molecule has 7 nitrogen and oxygen atoms in total. The van der Waals surface area contributed by atoms with Crippen molar-refractivity contribution in [2.45, 2.75) is 44.2 Å². The van der Waals surface area contributed by atoms with Crippen molar-refractivity contribution in [2.75, 3.05) is 19.3 Å². The van der Waals surface area contributed by atoms with E-state index in [-0.39, 0.29) is 24.4 Å². The number of nitriles is 1. The van der Waals surface area contributed by atoms with E-state index in [1.807, 2.05) is 0 Å². The molecule has 0 radical (unpaired) electrons. The lowest BCUT2D eigenvalue weighted by molar-refractivity contribution is -0.132. The highest BCUT2D eigenvalue weighted by molar-refractivity contribution is 7.88. The zero-order valence-electron chi connectivity index (χ0n) is 12.1. The molecule has 1 rings (SSSR count). The Morgan fingerprint density at radius 1 is 1.52 bits per heavy atom. The molecule has 1 aliphatic heterocycles. The van der Waals surface area contributed by atoms with E-state index in [4.69, 9.17) is 11.0 Å². The minimum absolute atomic E-state index is 0. The number of sulfonamides is 1. The van der Waals surface area contributed by atoms with Gasteiger partial charge in [0.05, 0.1) is 18.4 Å². The number of likely N-dealkylation sites (tertiary alicyclic amines) is 1. The number of hydrogen-bond donors (Lipinski definition) is 2. The van der Waals surface area contributed by atoms with E-state index in [9.17, 15) is 13.2 Å². The van der Waals surface area contributed by atoms with Crippen molar-refractivity contribution in [2.24, 2.45) is 5.73 Å². The third kappa shape index (κ3) is 7.09. The molecular weight excluding hydrogens is 316 g/mol. The van der Waals surface area contributed by atoms with Gasteiger partial charge in [0.2, 0.25) is 15.9 Å². The first-order valence-electron chi connectivity index (χ1n) is 6.75. The van der Waals surface area contributed by atoms with Crippen LogP contribution in [-0.4, -0.2) is 50.7 Å². The highest BCUT2D eigenvalue weighted by Gasteiger charge is 2.31. The third-order valence-corrected chi connectivity index (χ3v) is 4.04. The predicted molar refractivity (Wildman–Crippen MR) is 82.3 cm³/mol. The smallest absolute Gasteiger partial charge is 0.240 e. The van der Waals surface area contributed by atoms with Gasteiger partial charge in [-0.3, -0.25) is 4.79 Å². The van der Waals surface area contributed by atoms with Crippen LogP contribution in [0.25, 0.3) is 0 Å². The summed E-state index contributed by atoms with van der Waals surface area (Å²) < 4.78 is 24.1. The largest absolute Gasteiger partial charge is 0.325 e. The number of unbranched alkanes of at least 4 members (excludes halogenated alkanes) is 1. The summed E-state index contributed by atoms with van der Waals surface area (Å²) in [6.45, 7) is 0.949. The maximum absolute atomic E-state index is 12.1. The van der Waals surface area contributed by atoms with Crippen LogP contribution in [0.4, 0.5) is 0 Å². The Hall–Kier alpha value is -0.880. The molecule has 1 saturated heterocycles. The third-order valence-electron chi connectivity index (χ3n) is 3.31. The van der Waals surface area contributed by atoms with Gasteiger partial charge in [-0.25, -0.2) is 13.1 Å². The van der Waals surface area contributed by atoms with Gasteiger partial charge in [0, 0.05) is 13.1 Å². The molecule has 1 fully saturated rings. The van der Waals surface area contributed by atoms with Crippen LogP contribution in [0.15, 0.2) is 0 Å². The SMILES string of the molecule is CS(=O)(=O)NCCCCC(N)C(=O)N1CCCC1C#N.Cl. The summed E-state index contributed by atoms with van der Waals surface area (Å²) in [6.07, 6.45) is 4.47. The van der Waals surface area contributed by atoms with E-state index >= 15 is 0 Å². The monoisotopic (exact) mass is 338 g/mol. The summed E-state index contributed by atoms with van der Waals surface area (Å²) in [7, 11) is -3.16. The standard InChI is InChI=1S/C12H22N4O3S.ClH/c1-20(18,19)15-7-3-2-6-11(14)12(17)16-8-4-5-10(16)9-13;/h10-11,15H,2-8,14H2,1H3;1H. The molecule has 0 spiro atoms. The van der Waals surface area contributed by atoms with Crippen molar-refractivity contribution in [1.29, 1.82) is 5.26 Å². The van der Waals surface area contributed by atoms with E-state index in [0.29, 0.717) is 38.8 Å². The second-order valence-corrected chi connectivity index (χ2v) is 6.92. The number of hydrogen-bond acceptors (Lipinski definition) is 5. The van der Waals surface area contributed by atoms with Crippen molar-refractivity contribution in [3.05, 3.63) is 0 Å². The summed E-state index contributed by atoms with van der Waals surface area (Å²) in [5.41, 5.74) is 5.84. The zero-order chi connectivity index (χ0) is 15.2. The minimum atomic E-state index is -3.16. The first-order valence-corrected chi connectivity index (χ1v) is 8.64. The molecular formula is C12H23ClN4O3S. The number of carbonyl (C=O) groups is 1. The molecule has 1 amide bonds. The van der Waals surface area contributed by atoms with Crippen molar-refractivity contribution >= 4 is 28.3 Å². The van der Waals surface area contributed by atoms with Gasteiger partial charge >= 0.3 is 0 Å². The van der Waals surface area contributed by atoms with Gasteiger partial charge in [-0.1, -0.05) is 6.42 Å². The number of carbonyl (C=O) groups excluding carboxylic acids is 1. The van der Waals surface area contributed by atoms with Crippen LogP contribution >= 0.6 is 12.4 Å². The Bertz CT molecular complexity index is 477. The first kappa shape index (κ1) is 20.1. The second kappa shape index (κ2) is 9.20. The van der Waals surface area contributed by atoms with Gasteiger partial charge in [0.1, 0.15) is 6.04 Å². The predicted octanol–water partition coefficient (Wildman–Crippen LogP) is -0.0304. The molecule has 0 bridgehead atoms. The summed E-state index contributed by atoms with van der Waals surface area (Å²) in [4.78, 5) is 13.6. The Kier molecular flexibility index (Phi) is 8.82. The second-order valence-electron chi connectivity index (χ2n) is 5.09. The van der Waals surface area contributed by atoms with Crippen molar-refractivity contribution in [3.8, 4) is 6.07 Å². The maximum Gasteiger partial charge on any atom is 0.240 e. The summed E-state index contributed by atoms with van der Waals surface area (Å²) >= 11 is 0. The Balaban J connectivity index is 0.00000400. The summed E-state index contributed by atoms with van der Waals surface area (Å²) in [5, 5.41) is 8.94. The van der Waals surface area contributed by atoms with E-state index < -0.39 is 16.1 Å². The van der Waals surface area contributed by atoms with E-state index in [1.54, 1.807) is 4.90 Å². The van der Waals surface area contributed by atoms with Gasteiger partial charge in [0.15, 0.2) is 0 Å². The number of nitrogens with two attached hydrogens (primary N) is 1. The molecule has 2 atom stereocenters. The Morgan fingerprint density at radius 2 is 2.19 bits per heavy atom. The molecule has 1 heterocycles. The van der Waals surface area contributed by atoms with Crippen LogP contribution in [0.1, 0.15) is 32.1 Å². The highest BCUT2D eigenvalue weighted by atomic mass is 35.5. The topological polar surface area (TPSA) is 116 Å². The lowest BCUT2D eigenvalue weighted by atomic mass is 10.1. The van der Waals surface area contributed by atoms with Gasteiger partial charge < -0.3 is 10.6 Å². The molecule has 0 aromatic heterocycles. The lowest BCUT2D eigenvalue weighted by Gasteiger charge is -2.23. The molecule has 0 aliphatic carbocycles. The molecule has 21 heavy (non-hydrogen) atoms. The van der Waals surface area contributed by atoms with Gasteiger partial charge in [-0.2, -0.15) is 5.26 Å². The van der Waals surface area contributed by atoms with Crippen molar-refractivity contribution < 1.29 is 13.2 Å². The van der Waals surface area contributed by atoms with Crippen molar-refractivity contribution in [3.63, 3.8) is 0 Å². The summed E-state index contributed by atoms with van der Waals surface area (Å²) in [6, 6.07) is 1.16. The van der Waals surface area contributed by atoms with Crippen LogP contribution in [-0.2, 0) is 14.8 Å². The zero-order valence-corrected chi connectivity index (χ0v) is 13.8. The lowest BCUT2D eigenvalue weighted by Crippen LogP contribution is -2.45. The number of nitrogens with one attached hydrogen (secondary N) is 1. The number of halogens is 1. The van der Waals surface area contributed by atoms with E-state index in [1.165, 1.54) is 0 Å². The van der Waals surface area contributed by atoms with E-state index in [2.05, 4.69) is 10.8 Å². The summed E-state index contributed by atoms with van der Waals surface area (Å²) in [5.74, 6) is -0.176. The Labute approximate surface area is 132 Å². The van der Waals surface area contributed by atoms with Crippen LogP contribution < -0.4 is 10.5 Å². The van der Waals surface area contributed by atoms with Gasteiger partial charge in [-0.15, -0.1) is 12.4 Å². The van der Waals surface area contributed by atoms with Crippen LogP contribution in [0.5, 0.6) is 0 Å². The van der Waals surface area contributed by atoms with Crippen LogP contribution in [0.3, 0.4) is 0 Å². The minimum Gasteiger partial charge on any atom is -0.325 e. The highest BCUT2D eigenvalue weighted by Crippen LogP contribution is 2.18. The van der Waals surface area contributed by atoms with Gasteiger partial charge in [0.25, 0.3) is 0 Å². The molecule has 1 aliphatic rings. The van der Waals surface area contributed by atoms with Crippen LogP contribution in [0, 0.1) is 11.3 Å². The average molecular weight is 339 g/mol. The molecule has 9 heteroatoms.